The van der Waals surface area contributed by atoms with E-state index in [2.05, 4.69) is 0 Å². The number of hydrogen-bond acceptors (Lipinski definition) is 4. The van der Waals surface area contributed by atoms with Crippen LogP contribution >= 0.6 is 47.2 Å². The number of thiocarbonyl (C=S) groups is 1. The van der Waals surface area contributed by atoms with E-state index in [9.17, 15) is 4.79 Å². The number of anilines is 1. The Balaban J connectivity index is 1.61. The minimum absolute atomic E-state index is 0.197. The molecule has 0 unspecified atom stereocenters. The summed E-state index contributed by atoms with van der Waals surface area (Å²) in [5.74, 6) is 1.08. The first kappa shape index (κ1) is 18.3. The maximum Gasteiger partial charge on any atom is 0.270 e. The first-order valence-electron chi connectivity index (χ1n) is 7.90. The Hall–Kier alpha value is -2.05. The molecule has 0 spiro atoms. The second-order valence-corrected chi connectivity index (χ2v) is 8.25. The second kappa shape index (κ2) is 7.52. The van der Waals surface area contributed by atoms with E-state index in [1.165, 1.54) is 16.7 Å². The average Bonchev–Trinajstić information content (AvgIpc) is 3.21. The number of thioether (sulfide) groups is 1. The Kier molecular flexibility index (Phi) is 5.10. The number of rotatable bonds is 3. The third kappa shape index (κ3) is 3.82. The van der Waals surface area contributed by atoms with E-state index in [0.29, 0.717) is 36.5 Å². The molecule has 4 rings (SSSR count). The van der Waals surface area contributed by atoms with E-state index in [1.54, 1.807) is 42.5 Å². The van der Waals surface area contributed by atoms with Crippen molar-refractivity contribution in [2.45, 2.75) is 0 Å². The average molecular weight is 432 g/mol. The standard InChI is InChI=1S/C20H11Cl2NO2S2/c21-13-6-4-12(5-7-13)17-9-8-16(25-17)11-18-19(24)23(20(26)27-18)15-3-1-2-14(22)10-15/h1-11H/b18-11+. The maximum absolute atomic E-state index is 12.8. The van der Waals surface area contributed by atoms with Gasteiger partial charge in [0.2, 0.25) is 0 Å². The Bertz CT molecular complexity index is 1070. The third-order valence-corrected chi connectivity index (χ3v) is 5.68. The summed E-state index contributed by atoms with van der Waals surface area (Å²) in [6.45, 7) is 0. The van der Waals surface area contributed by atoms with Crippen LogP contribution in [-0.4, -0.2) is 10.2 Å². The van der Waals surface area contributed by atoms with Crippen molar-refractivity contribution in [1.82, 2.24) is 0 Å². The highest BCUT2D eigenvalue weighted by molar-refractivity contribution is 8.27. The lowest BCUT2D eigenvalue weighted by molar-refractivity contribution is -0.113. The van der Waals surface area contributed by atoms with Crippen molar-refractivity contribution >= 4 is 69.2 Å². The summed E-state index contributed by atoms with van der Waals surface area (Å²) in [6.07, 6.45) is 1.70. The van der Waals surface area contributed by atoms with Crippen molar-refractivity contribution in [3.63, 3.8) is 0 Å². The molecule has 0 saturated carbocycles. The topological polar surface area (TPSA) is 33.5 Å². The van der Waals surface area contributed by atoms with Crippen LogP contribution < -0.4 is 4.90 Å². The van der Waals surface area contributed by atoms with Gasteiger partial charge >= 0.3 is 0 Å². The van der Waals surface area contributed by atoms with E-state index < -0.39 is 0 Å². The highest BCUT2D eigenvalue weighted by Crippen LogP contribution is 2.37. The van der Waals surface area contributed by atoms with Gasteiger partial charge in [0.25, 0.3) is 5.91 Å². The molecular weight excluding hydrogens is 421 g/mol. The first-order valence-corrected chi connectivity index (χ1v) is 9.88. The molecule has 0 aliphatic carbocycles. The molecule has 1 saturated heterocycles. The monoisotopic (exact) mass is 431 g/mol. The van der Waals surface area contributed by atoms with Gasteiger partial charge in [0.15, 0.2) is 4.32 Å². The number of carbonyl (C=O) groups is 1. The molecule has 134 valence electrons. The number of carbonyl (C=O) groups excluding carboxylic acids is 1. The fourth-order valence-electron chi connectivity index (χ4n) is 2.63. The Morgan fingerprint density at radius 3 is 2.52 bits per heavy atom. The predicted octanol–water partition coefficient (Wildman–Crippen LogP) is 6.66. The zero-order valence-electron chi connectivity index (χ0n) is 13.7. The molecule has 3 aromatic rings. The molecule has 1 aliphatic rings. The van der Waals surface area contributed by atoms with Gasteiger partial charge in [-0.2, -0.15) is 0 Å². The van der Waals surface area contributed by atoms with Gasteiger partial charge in [0.05, 0.1) is 10.6 Å². The van der Waals surface area contributed by atoms with Gasteiger partial charge in [0, 0.05) is 21.7 Å². The maximum atomic E-state index is 12.8. The zero-order valence-corrected chi connectivity index (χ0v) is 16.8. The van der Waals surface area contributed by atoms with Crippen molar-refractivity contribution < 1.29 is 9.21 Å². The minimum Gasteiger partial charge on any atom is -0.457 e. The van der Waals surface area contributed by atoms with Gasteiger partial charge in [0.1, 0.15) is 11.5 Å². The summed E-state index contributed by atoms with van der Waals surface area (Å²) in [7, 11) is 0. The molecule has 27 heavy (non-hydrogen) atoms. The molecule has 1 amide bonds. The van der Waals surface area contributed by atoms with Gasteiger partial charge < -0.3 is 4.42 Å². The lowest BCUT2D eigenvalue weighted by Gasteiger charge is -2.14. The number of halogens is 2. The van der Waals surface area contributed by atoms with Gasteiger partial charge in [-0.3, -0.25) is 9.69 Å². The van der Waals surface area contributed by atoms with Crippen LogP contribution in [0.3, 0.4) is 0 Å². The van der Waals surface area contributed by atoms with Gasteiger partial charge in [-0.1, -0.05) is 53.2 Å². The molecule has 0 N–H and O–H groups in total. The molecule has 0 atom stereocenters. The summed E-state index contributed by atoms with van der Waals surface area (Å²) in [6, 6.07) is 18.1. The summed E-state index contributed by atoms with van der Waals surface area (Å²) in [5, 5.41) is 1.21. The quantitative estimate of drug-likeness (QED) is 0.342. The molecular formula is C20H11Cl2NO2S2. The largest absolute Gasteiger partial charge is 0.457 e. The van der Waals surface area contributed by atoms with E-state index in [-0.39, 0.29) is 5.91 Å². The van der Waals surface area contributed by atoms with Crippen molar-refractivity contribution in [3.8, 4) is 11.3 Å². The van der Waals surface area contributed by atoms with Crippen molar-refractivity contribution in [1.29, 1.82) is 0 Å². The fraction of sp³-hybridized carbons (Fsp3) is 0. The smallest absolute Gasteiger partial charge is 0.270 e. The van der Waals surface area contributed by atoms with Crippen molar-refractivity contribution in [2.75, 3.05) is 4.90 Å². The van der Waals surface area contributed by atoms with Gasteiger partial charge in [-0.05, 0) is 54.6 Å². The Morgan fingerprint density at radius 2 is 1.78 bits per heavy atom. The second-order valence-electron chi connectivity index (χ2n) is 5.71. The number of amides is 1. The number of nitrogens with zero attached hydrogens (tertiary/aromatic N) is 1. The van der Waals surface area contributed by atoms with Crippen LogP contribution in [0.25, 0.3) is 17.4 Å². The van der Waals surface area contributed by atoms with Crippen LogP contribution in [0.15, 0.2) is 70.0 Å². The minimum atomic E-state index is -0.197. The van der Waals surface area contributed by atoms with E-state index >= 15 is 0 Å². The Morgan fingerprint density at radius 1 is 1.00 bits per heavy atom. The Labute approximate surface area is 175 Å². The van der Waals surface area contributed by atoms with Gasteiger partial charge in [-0.15, -0.1) is 0 Å². The molecule has 3 nitrogen and oxygen atoms in total. The van der Waals surface area contributed by atoms with E-state index in [4.69, 9.17) is 39.8 Å². The molecule has 2 heterocycles. The van der Waals surface area contributed by atoms with Crippen molar-refractivity contribution in [3.05, 3.63) is 81.4 Å². The van der Waals surface area contributed by atoms with Crippen LogP contribution in [0, 0.1) is 0 Å². The first-order chi connectivity index (χ1) is 13.0. The summed E-state index contributed by atoms with van der Waals surface area (Å²) < 4.78 is 6.30. The van der Waals surface area contributed by atoms with Crippen LogP contribution in [0.5, 0.6) is 0 Å². The van der Waals surface area contributed by atoms with Crippen LogP contribution in [0.4, 0.5) is 5.69 Å². The molecule has 1 fully saturated rings. The molecule has 2 aromatic carbocycles. The van der Waals surface area contributed by atoms with E-state index in [1.807, 2.05) is 24.3 Å². The third-order valence-electron chi connectivity index (χ3n) is 3.89. The SMILES string of the molecule is O=C1/C(=C\c2ccc(-c3ccc(Cl)cc3)o2)SC(=S)N1c1cccc(Cl)c1. The van der Waals surface area contributed by atoms with Crippen LogP contribution in [-0.2, 0) is 4.79 Å². The molecule has 1 aliphatic heterocycles. The predicted molar refractivity (Wildman–Crippen MR) is 116 cm³/mol. The lowest BCUT2D eigenvalue weighted by Crippen LogP contribution is -2.27. The van der Waals surface area contributed by atoms with Crippen LogP contribution in [0.2, 0.25) is 10.0 Å². The van der Waals surface area contributed by atoms with Crippen molar-refractivity contribution in [2.24, 2.45) is 0 Å². The molecule has 0 radical (unpaired) electrons. The van der Waals surface area contributed by atoms with Gasteiger partial charge in [-0.25, -0.2) is 0 Å². The normalized spacial score (nSPS) is 15.8. The fourth-order valence-corrected chi connectivity index (χ4v) is 4.22. The lowest BCUT2D eigenvalue weighted by atomic mass is 10.2. The molecule has 7 heteroatoms. The molecule has 1 aromatic heterocycles. The highest BCUT2D eigenvalue weighted by atomic mass is 35.5. The zero-order chi connectivity index (χ0) is 19.0. The summed E-state index contributed by atoms with van der Waals surface area (Å²) in [5.41, 5.74) is 1.56. The highest BCUT2D eigenvalue weighted by Gasteiger charge is 2.33. The molecule has 0 bridgehead atoms. The summed E-state index contributed by atoms with van der Waals surface area (Å²) in [4.78, 5) is 14.8. The van der Waals surface area contributed by atoms with E-state index in [0.717, 1.165) is 5.56 Å². The number of benzene rings is 2. The number of hydrogen-bond donors (Lipinski definition) is 0. The summed E-state index contributed by atoms with van der Waals surface area (Å²) >= 11 is 18.5. The van der Waals surface area contributed by atoms with Crippen LogP contribution in [0.1, 0.15) is 5.76 Å². The number of furan rings is 1.